The number of hydrogen-bond donors (Lipinski definition) is 2. The van der Waals surface area contributed by atoms with Crippen molar-refractivity contribution < 1.29 is 19.5 Å². The van der Waals surface area contributed by atoms with Crippen LogP contribution in [0.5, 0.6) is 0 Å². The molecule has 6 heteroatoms. The second-order valence-corrected chi connectivity index (χ2v) is 5.18. The van der Waals surface area contributed by atoms with Gasteiger partial charge in [0.2, 0.25) is 0 Å². The molecule has 6 nitrogen and oxygen atoms in total. The largest absolute Gasteiger partial charge is 0.480 e. The lowest BCUT2D eigenvalue weighted by Crippen LogP contribution is -2.54. The second kappa shape index (κ2) is 6.39. The Labute approximate surface area is 123 Å². The van der Waals surface area contributed by atoms with Gasteiger partial charge in [-0.3, -0.25) is 4.79 Å². The summed E-state index contributed by atoms with van der Waals surface area (Å²) in [5.74, 6) is -1.19. The molecule has 2 N–H and O–H groups in total. The van der Waals surface area contributed by atoms with Crippen LogP contribution in [0.1, 0.15) is 38.1 Å². The Hall–Kier alpha value is -2.37. The molecule has 0 aliphatic heterocycles. The Morgan fingerprint density at radius 1 is 1.29 bits per heavy atom. The molecule has 1 rings (SSSR count). The molecule has 0 spiro atoms. The third kappa shape index (κ3) is 3.81. The molecule has 0 saturated carbocycles. The van der Waals surface area contributed by atoms with Gasteiger partial charge < -0.3 is 15.3 Å². The predicted octanol–water partition coefficient (Wildman–Crippen LogP) is 2.61. The molecule has 0 fully saturated rings. The zero-order valence-electron chi connectivity index (χ0n) is 12.6. The van der Waals surface area contributed by atoms with Crippen LogP contribution in [0.2, 0.25) is 0 Å². The van der Waals surface area contributed by atoms with Crippen molar-refractivity contribution in [2.75, 3.05) is 11.9 Å². The van der Waals surface area contributed by atoms with E-state index in [4.69, 9.17) is 0 Å². The number of carbonyl (C=O) groups excluding carboxylic acids is 2. The van der Waals surface area contributed by atoms with E-state index < -0.39 is 17.5 Å². The number of amides is 2. The average molecular weight is 292 g/mol. The highest BCUT2D eigenvalue weighted by Crippen LogP contribution is 2.18. The number of carbonyl (C=O) groups is 3. The number of benzene rings is 1. The highest BCUT2D eigenvalue weighted by molar-refractivity contribution is 5.97. The second-order valence-electron chi connectivity index (χ2n) is 5.18. The normalized spacial score (nSPS) is 10.9. The maximum Gasteiger partial charge on any atom is 0.329 e. The summed E-state index contributed by atoms with van der Waals surface area (Å²) in [5, 5.41) is 11.8. The minimum atomic E-state index is -1.32. The maximum atomic E-state index is 12.2. The predicted molar refractivity (Wildman–Crippen MR) is 79.6 cm³/mol. The molecule has 114 valence electrons. The first-order chi connectivity index (χ1) is 9.70. The number of likely N-dealkylation sites (N-methyl/N-ethyl adjacent to an activating group) is 1. The van der Waals surface area contributed by atoms with Crippen molar-refractivity contribution in [1.82, 2.24) is 4.90 Å². The first kappa shape index (κ1) is 16.7. The van der Waals surface area contributed by atoms with Gasteiger partial charge in [-0.1, -0.05) is 12.1 Å². The van der Waals surface area contributed by atoms with Crippen LogP contribution in [0.25, 0.3) is 0 Å². The van der Waals surface area contributed by atoms with Gasteiger partial charge in [-0.25, -0.2) is 9.59 Å². The first-order valence-electron chi connectivity index (χ1n) is 6.63. The zero-order valence-corrected chi connectivity index (χ0v) is 12.6. The van der Waals surface area contributed by atoms with Gasteiger partial charge in [-0.2, -0.15) is 0 Å². The van der Waals surface area contributed by atoms with Crippen molar-refractivity contribution >= 4 is 23.5 Å². The summed E-state index contributed by atoms with van der Waals surface area (Å²) in [6.45, 7) is 6.31. The lowest BCUT2D eigenvalue weighted by Gasteiger charge is -2.34. The zero-order chi connectivity index (χ0) is 16.2. The lowest BCUT2D eigenvalue weighted by molar-refractivity contribution is -0.147. The Balaban J connectivity index is 2.96. The van der Waals surface area contributed by atoms with E-state index in [-0.39, 0.29) is 12.3 Å². The quantitative estimate of drug-likeness (QED) is 0.817. The average Bonchev–Trinajstić information content (AvgIpc) is 2.39. The summed E-state index contributed by atoms with van der Waals surface area (Å²) >= 11 is 0. The molecule has 1 aromatic carbocycles. The topological polar surface area (TPSA) is 86.7 Å². The standard InChI is InChI=1S/C15H20N2O4/c1-5-17(15(3,4)13(19)20)14(21)16-12-8-6-7-11(9-12)10(2)18/h6-9H,5H2,1-4H3,(H,16,21)(H,19,20). The molecule has 0 heterocycles. The van der Waals surface area contributed by atoms with E-state index in [9.17, 15) is 19.5 Å². The molecule has 2 amide bonds. The van der Waals surface area contributed by atoms with Crippen LogP contribution in [0.4, 0.5) is 10.5 Å². The van der Waals surface area contributed by atoms with Crippen molar-refractivity contribution in [3.8, 4) is 0 Å². The van der Waals surface area contributed by atoms with Crippen LogP contribution >= 0.6 is 0 Å². The van der Waals surface area contributed by atoms with Crippen molar-refractivity contribution in [2.45, 2.75) is 33.2 Å². The molecule has 0 bridgehead atoms. The smallest absolute Gasteiger partial charge is 0.329 e. The number of carboxylic acid groups (broad SMARTS) is 1. The molecule has 0 aliphatic rings. The van der Waals surface area contributed by atoms with Crippen LogP contribution in [-0.4, -0.2) is 39.9 Å². The fraction of sp³-hybridized carbons (Fsp3) is 0.400. The number of aliphatic carboxylic acids is 1. The van der Waals surface area contributed by atoms with Gasteiger partial charge in [0.05, 0.1) is 0 Å². The Morgan fingerprint density at radius 2 is 1.90 bits per heavy atom. The fourth-order valence-electron chi connectivity index (χ4n) is 1.92. The van der Waals surface area contributed by atoms with E-state index in [1.54, 1.807) is 31.2 Å². The van der Waals surface area contributed by atoms with Crippen molar-refractivity contribution in [2.24, 2.45) is 0 Å². The molecule has 0 unspecified atom stereocenters. The van der Waals surface area contributed by atoms with E-state index in [1.807, 2.05) is 0 Å². The lowest BCUT2D eigenvalue weighted by atomic mass is 10.0. The third-order valence-electron chi connectivity index (χ3n) is 3.28. The number of urea groups is 1. The van der Waals surface area contributed by atoms with Crippen LogP contribution in [0, 0.1) is 0 Å². The number of nitrogens with one attached hydrogen (secondary N) is 1. The van der Waals surface area contributed by atoms with E-state index in [0.29, 0.717) is 11.3 Å². The summed E-state index contributed by atoms with van der Waals surface area (Å²) in [6, 6.07) is 5.99. The number of Topliss-reactive ketones (excluding diaryl/α,β-unsaturated/α-hetero) is 1. The summed E-state index contributed by atoms with van der Waals surface area (Å²) in [4.78, 5) is 36.0. The van der Waals surface area contributed by atoms with Crippen molar-refractivity contribution in [3.05, 3.63) is 29.8 Å². The number of nitrogens with zero attached hydrogens (tertiary/aromatic N) is 1. The summed E-state index contributed by atoms with van der Waals surface area (Å²) in [7, 11) is 0. The highest BCUT2D eigenvalue weighted by atomic mass is 16.4. The van der Waals surface area contributed by atoms with E-state index in [2.05, 4.69) is 5.32 Å². The molecule has 0 radical (unpaired) electrons. The Kier molecular flexibility index (Phi) is 5.07. The van der Waals surface area contributed by atoms with Gasteiger partial charge in [-0.05, 0) is 39.8 Å². The Morgan fingerprint density at radius 3 is 2.38 bits per heavy atom. The monoisotopic (exact) mass is 292 g/mol. The molecule has 21 heavy (non-hydrogen) atoms. The molecular weight excluding hydrogens is 272 g/mol. The summed E-state index contributed by atoms with van der Waals surface area (Å²) < 4.78 is 0. The van der Waals surface area contributed by atoms with Crippen LogP contribution in [0.15, 0.2) is 24.3 Å². The molecular formula is C15H20N2O4. The molecule has 0 aliphatic carbocycles. The minimum absolute atomic E-state index is 0.107. The van der Waals surface area contributed by atoms with Gasteiger partial charge in [0.15, 0.2) is 5.78 Å². The fourth-order valence-corrected chi connectivity index (χ4v) is 1.92. The molecule has 0 atom stereocenters. The summed E-state index contributed by atoms with van der Waals surface area (Å²) in [6.07, 6.45) is 0. The molecule has 1 aromatic rings. The number of anilines is 1. The number of rotatable bonds is 5. The van der Waals surface area contributed by atoms with Gasteiger partial charge in [0.1, 0.15) is 5.54 Å². The van der Waals surface area contributed by atoms with Crippen LogP contribution in [0.3, 0.4) is 0 Å². The van der Waals surface area contributed by atoms with E-state index in [1.165, 1.54) is 25.7 Å². The van der Waals surface area contributed by atoms with Gasteiger partial charge in [0.25, 0.3) is 0 Å². The SMILES string of the molecule is CCN(C(=O)Nc1cccc(C(C)=O)c1)C(C)(C)C(=O)O. The molecule has 0 saturated heterocycles. The van der Waals surface area contributed by atoms with E-state index >= 15 is 0 Å². The van der Waals surface area contributed by atoms with Crippen molar-refractivity contribution in [3.63, 3.8) is 0 Å². The number of carboxylic acids is 1. The third-order valence-corrected chi connectivity index (χ3v) is 3.28. The van der Waals surface area contributed by atoms with Gasteiger partial charge in [0, 0.05) is 17.8 Å². The minimum Gasteiger partial charge on any atom is -0.480 e. The Bertz CT molecular complexity index is 567. The number of hydrogen-bond acceptors (Lipinski definition) is 3. The van der Waals surface area contributed by atoms with Crippen LogP contribution < -0.4 is 5.32 Å². The molecule has 0 aromatic heterocycles. The highest BCUT2D eigenvalue weighted by Gasteiger charge is 2.36. The van der Waals surface area contributed by atoms with Crippen molar-refractivity contribution in [1.29, 1.82) is 0 Å². The first-order valence-corrected chi connectivity index (χ1v) is 6.63. The van der Waals surface area contributed by atoms with Gasteiger partial charge >= 0.3 is 12.0 Å². The maximum absolute atomic E-state index is 12.2. The van der Waals surface area contributed by atoms with E-state index in [0.717, 1.165) is 0 Å². The van der Waals surface area contributed by atoms with Gasteiger partial charge in [-0.15, -0.1) is 0 Å². The van der Waals surface area contributed by atoms with Crippen LogP contribution in [-0.2, 0) is 4.79 Å². The summed E-state index contributed by atoms with van der Waals surface area (Å²) in [5.41, 5.74) is -0.391. The number of ketones is 1.